The molecule has 1 aliphatic heterocycles. The highest BCUT2D eigenvalue weighted by atomic mass is 32.2. The monoisotopic (exact) mass is 266 g/mol. The largest absolute Gasteiger partial charge is 0.395 e. The van der Waals surface area contributed by atoms with Gasteiger partial charge in [-0.25, -0.2) is 13.4 Å². The molecule has 1 aliphatic rings. The fourth-order valence-electron chi connectivity index (χ4n) is 1.96. The molecule has 0 unspecified atom stereocenters. The van der Waals surface area contributed by atoms with E-state index in [1.807, 2.05) is 11.0 Å². The lowest BCUT2D eigenvalue weighted by atomic mass is 10.2. The van der Waals surface area contributed by atoms with Crippen LogP contribution < -0.4 is 10.6 Å². The number of nitrogens with zero attached hydrogens (tertiary/aromatic N) is 3. The average Bonchev–Trinajstić information content (AvgIpc) is 2.51. The second-order valence-corrected chi connectivity index (χ2v) is 6.50. The second-order valence-electron chi connectivity index (χ2n) is 4.20. The van der Waals surface area contributed by atoms with Gasteiger partial charge in [0.2, 0.25) is 0 Å². The number of anilines is 2. The number of sulfone groups is 1. The lowest BCUT2D eigenvalue weighted by Gasteiger charge is -2.22. The zero-order valence-corrected chi connectivity index (χ0v) is 10.7. The standard InChI is InChI=1S/C11H14N4O2S/c12-8-9-2-3-14-11(10(9)13)15-4-1-6-18(16,17)7-5-15/h2-3H,1,4-7,13H2. The van der Waals surface area contributed by atoms with Gasteiger partial charge in [0.25, 0.3) is 0 Å². The van der Waals surface area contributed by atoms with Gasteiger partial charge in [0.05, 0.1) is 22.8 Å². The van der Waals surface area contributed by atoms with Crippen LogP contribution in [0.3, 0.4) is 0 Å². The lowest BCUT2D eigenvalue weighted by molar-refractivity contribution is 0.597. The summed E-state index contributed by atoms with van der Waals surface area (Å²) in [6.45, 7) is 0.958. The van der Waals surface area contributed by atoms with Crippen molar-refractivity contribution in [3.05, 3.63) is 17.8 Å². The molecule has 7 heteroatoms. The van der Waals surface area contributed by atoms with Gasteiger partial charge in [-0.1, -0.05) is 0 Å². The zero-order valence-electron chi connectivity index (χ0n) is 9.83. The maximum Gasteiger partial charge on any atom is 0.153 e. The van der Waals surface area contributed by atoms with E-state index in [9.17, 15) is 8.42 Å². The molecule has 1 aromatic rings. The van der Waals surface area contributed by atoms with Crippen LogP contribution in [-0.4, -0.2) is 38.0 Å². The van der Waals surface area contributed by atoms with Crippen LogP contribution in [0.5, 0.6) is 0 Å². The third kappa shape index (κ3) is 2.54. The molecule has 2 N–H and O–H groups in total. The van der Waals surface area contributed by atoms with Crippen LogP contribution in [0.1, 0.15) is 12.0 Å². The van der Waals surface area contributed by atoms with Crippen molar-refractivity contribution in [1.82, 2.24) is 4.98 Å². The van der Waals surface area contributed by atoms with E-state index in [-0.39, 0.29) is 11.5 Å². The molecule has 0 radical (unpaired) electrons. The normalized spacial score (nSPS) is 18.9. The van der Waals surface area contributed by atoms with Crippen LogP contribution in [0, 0.1) is 11.3 Å². The van der Waals surface area contributed by atoms with Crippen LogP contribution in [-0.2, 0) is 9.84 Å². The summed E-state index contributed by atoms with van der Waals surface area (Å²) >= 11 is 0. The Morgan fingerprint density at radius 3 is 2.89 bits per heavy atom. The number of nitrogen functional groups attached to an aromatic ring is 1. The van der Waals surface area contributed by atoms with Crippen molar-refractivity contribution in [2.45, 2.75) is 6.42 Å². The molecule has 1 fully saturated rings. The van der Waals surface area contributed by atoms with Crippen LogP contribution in [0.2, 0.25) is 0 Å². The molecule has 6 nitrogen and oxygen atoms in total. The fourth-order valence-corrected chi connectivity index (χ4v) is 3.23. The van der Waals surface area contributed by atoms with E-state index in [1.165, 1.54) is 6.20 Å². The Balaban J connectivity index is 2.30. The summed E-state index contributed by atoms with van der Waals surface area (Å²) in [4.78, 5) is 5.99. The van der Waals surface area contributed by atoms with E-state index in [4.69, 9.17) is 11.0 Å². The van der Waals surface area contributed by atoms with Crippen molar-refractivity contribution in [3.63, 3.8) is 0 Å². The molecule has 0 saturated carbocycles. The van der Waals surface area contributed by atoms with E-state index in [1.54, 1.807) is 6.07 Å². The highest BCUT2D eigenvalue weighted by Crippen LogP contribution is 2.24. The Morgan fingerprint density at radius 2 is 2.17 bits per heavy atom. The molecule has 1 saturated heterocycles. The summed E-state index contributed by atoms with van der Waals surface area (Å²) in [5.41, 5.74) is 6.55. The molecule has 2 heterocycles. The highest BCUT2D eigenvalue weighted by Gasteiger charge is 2.21. The molecule has 18 heavy (non-hydrogen) atoms. The maximum atomic E-state index is 11.5. The third-order valence-corrected chi connectivity index (χ3v) is 4.66. The summed E-state index contributed by atoms with van der Waals surface area (Å²) in [6, 6.07) is 3.55. The van der Waals surface area contributed by atoms with E-state index in [0.717, 1.165) is 0 Å². The van der Waals surface area contributed by atoms with Gasteiger partial charge in [0.1, 0.15) is 6.07 Å². The average molecular weight is 266 g/mol. The first-order chi connectivity index (χ1) is 8.53. The number of rotatable bonds is 1. The fraction of sp³-hybridized carbons (Fsp3) is 0.455. The summed E-state index contributed by atoms with van der Waals surface area (Å²) in [7, 11) is -2.96. The molecule has 0 aromatic carbocycles. The van der Waals surface area contributed by atoms with Crippen molar-refractivity contribution in [2.24, 2.45) is 0 Å². The first-order valence-electron chi connectivity index (χ1n) is 5.63. The minimum absolute atomic E-state index is 0.102. The number of hydrogen-bond acceptors (Lipinski definition) is 6. The first-order valence-corrected chi connectivity index (χ1v) is 7.45. The van der Waals surface area contributed by atoms with E-state index in [2.05, 4.69) is 4.98 Å². The third-order valence-electron chi connectivity index (χ3n) is 2.94. The Labute approximate surface area is 106 Å². The Kier molecular flexibility index (Phi) is 3.39. The Morgan fingerprint density at radius 1 is 1.39 bits per heavy atom. The summed E-state index contributed by atoms with van der Waals surface area (Å²) in [5.74, 6) is 0.804. The van der Waals surface area contributed by atoms with Crippen LogP contribution >= 0.6 is 0 Å². The van der Waals surface area contributed by atoms with Crippen LogP contribution in [0.25, 0.3) is 0 Å². The number of nitrogens with two attached hydrogens (primary N) is 1. The quantitative estimate of drug-likeness (QED) is 0.777. The molecular formula is C11H14N4O2S. The summed E-state index contributed by atoms with van der Waals surface area (Å²) in [5, 5.41) is 8.91. The second kappa shape index (κ2) is 4.82. The lowest BCUT2D eigenvalue weighted by Crippen LogP contribution is -2.28. The Hall–Kier alpha value is -1.81. The van der Waals surface area contributed by atoms with Gasteiger partial charge in [-0.2, -0.15) is 5.26 Å². The molecule has 2 rings (SSSR count). The molecular weight excluding hydrogens is 252 g/mol. The SMILES string of the molecule is N#Cc1ccnc(N2CCCS(=O)(=O)CC2)c1N. The van der Waals surface area contributed by atoms with Gasteiger partial charge in [0, 0.05) is 19.3 Å². The van der Waals surface area contributed by atoms with E-state index in [0.29, 0.717) is 36.6 Å². The number of pyridine rings is 1. The predicted octanol–water partition coefficient (Wildman–Crippen LogP) is 0.160. The van der Waals surface area contributed by atoms with Gasteiger partial charge in [-0.15, -0.1) is 0 Å². The maximum absolute atomic E-state index is 11.5. The molecule has 96 valence electrons. The van der Waals surface area contributed by atoms with Crippen molar-refractivity contribution >= 4 is 21.3 Å². The number of aromatic nitrogens is 1. The van der Waals surface area contributed by atoms with Crippen LogP contribution in [0.4, 0.5) is 11.5 Å². The van der Waals surface area contributed by atoms with E-state index >= 15 is 0 Å². The van der Waals surface area contributed by atoms with Crippen molar-refractivity contribution in [3.8, 4) is 6.07 Å². The van der Waals surface area contributed by atoms with Gasteiger partial charge in [-0.05, 0) is 12.5 Å². The van der Waals surface area contributed by atoms with Crippen molar-refractivity contribution in [1.29, 1.82) is 5.26 Å². The molecule has 1 aromatic heterocycles. The number of hydrogen-bond donors (Lipinski definition) is 1. The topological polar surface area (TPSA) is 100 Å². The molecule has 0 spiro atoms. The van der Waals surface area contributed by atoms with Crippen molar-refractivity contribution < 1.29 is 8.42 Å². The first kappa shape index (κ1) is 12.6. The molecule has 0 amide bonds. The smallest absolute Gasteiger partial charge is 0.153 e. The summed E-state index contributed by atoms with van der Waals surface area (Å²) < 4.78 is 23.0. The molecule has 0 bridgehead atoms. The van der Waals surface area contributed by atoms with Gasteiger partial charge in [-0.3, -0.25) is 0 Å². The van der Waals surface area contributed by atoms with Gasteiger partial charge in [0.15, 0.2) is 15.7 Å². The number of nitriles is 1. The highest BCUT2D eigenvalue weighted by molar-refractivity contribution is 7.91. The molecule has 0 atom stereocenters. The predicted molar refractivity (Wildman–Crippen MR) is 68.8 cm³/mol. The van der Waals surface area contributed by atoms with Gasteiger partial charge < -0.3 is 10.6 Å². The molecule has 0 aliphatic carbocycles. The van der Waals surface area contributed by atoms with Crippen molar-refractivity contribution in [2.75, 3.05) is 35.2 Å². The minimum atomic E-state index is -2.96. The Bertz CT molecular complexity index is 592. The zero-order chi connectivity index (χ0) is 13.2. The summed E-state index contributed by atoms with van der Waals surface area (Å²) in [6.07, 6.45) is 2.07. The van der Waals surface area contributed by atoms with E-state index < -0.39 is 9.84 Å². The minimum Gasteiger partial charge on any atom is -0.395 e. The van der Waals surface area contributed by atoms with Crippen LogP contribution in [0.15, 0.2) is 12.3 Å². The van der Waals surface area contributed by atoms with Gasteiger partial charge >= 0.3 is 0 Å².